The minimum Gasteiger partial charge on any atom is -0.382 e. The first-order chi connectivity index (χ1) is 10.3. The van der Waals surface area contributed by atoms with Gasteiger partial charge in [0, 0.05) is 18.3 Å². The van der Waals surface area contributed by atoms with Crippen molar-refractivity contribution in [3.05, 3.63) is 29.8 Å². The first-order valence-corrected chi connectivity index (χ1v) is 8.93. The molecule has 2 atom stereocenters. The van der Waals surface area contributed by atoms with Gasteiger partial charge in [0.1, 0.15) is 0 Å². The molecule has 1 aliphatic heterocycles. The van der Waals surface area contributed by atoms with E-state index in [4.69, 9.17) is 0 Å². The Morgan fingerprint density at radius 3 is 2.43 bits per heavy atom. The zero-order chi connectivity index (χ0) is 14.5. The number of anilines is 1. The highest BCUT2D eigenvalue weighted by Crippen LogP contribution is 2.29. The van der Waals surface area contributed by atoms with E-state index in [0.29, 0.717) is 6.04 Å². The highest BCUT2D eigenvalue weighted by Gasteiger charge is 2.23. The molecule has 1 saturated carbocycles. The maximum atomic E-state index is 3.79. The lowest BCUT2D eigenvalue weighted by Gasteiger charge is -2.32. The molecule has 3 rings (SSSR count). The smallest absolute Gasteiger partial charge is 0.0342 e. The molecule has 2 fully saturated rings. The first kappa shape index (κ1) is 14.9. The predicted octanol–water partition coefficient (Wildman–Crippen LogP) is 4.66. The summed E-state index contributed by atoms with van der Waals surface area (Å²) in [6.07, 6.45) is 9.62. The summed E-state index contributed by atoms with van der Waals surface area (Å²) in [6.45, 7) is 6.02. The molecule has 0 amide bonds. The molecular weight excluding hydrogens is 256 g/mol. The number of nitrogens with one attached hydrogen (secondary N) is 1. The Balaban J connectivity index is 1.55. The number of benzene rings is 1. The second kappa shape index (κ2) is 7.31. The van der Waals surface area contributed by atoms with Crippen molar-refractivity contribution in [1.29, 1.82) is 0 Å². The van der Waals surface area contributed by atoms with Crippen LogP contribution in [0.2, 0.25) is 0 Å². The molecular formula is C19H30N2. The molecule has 2 nitrogen and oxygen atoms in total. The van der Waals surface area contributed by atoms with Crippen LogP contribution in [-0.2, 0) is 6.54 Å². The fourth-order valence-corrected chi connectivity index (χ4v) is 4.01. The molecule has 0 spiro atoms. The van der Waals surface area contributed by atoms with Gasteiger partial charge in [0.2, 0.25) is 0 Å². The summed E-state index contributed by atoms with van der Waals surface area (Å²) in [5.41, 5.74) is 2.77. The normalized spacial score (nSPS) is 26.9. The monoisotopic (exact) mass is 286 g/mol. The first-order valence-electron chi connectivity index (χ1n) is 8.93. The summed E-state index contributed by atoms with van der Waals surface area (Å²) >= 11 is 0. The number of hydrogen-bond acceptors (Lipinski definition) is 2. The molecule has 1 aliphatic carbocycles. The highest BCUT2D eigenvalue weighted by atomic mass is 15.1. The van der Waals surface area contributed by atoms with E-state index >= 15 is 0 Å². The molecule has 2 heteroatoms. The molecule has 1 saturated heterocycles. The number of likely N-dealkylation sites (tertiary alicyclic amines) is 1. The Hall–Kier alpha value is -1.02. The third-order valence-corrected chi connectivity index (χ3v) is 5.34. The molecule has 0 bridgehead atoms. The Bertz CT molecular complexity index is 420. The summed E-state index contributed by atoms with van der Waals surface area (Å²) in [5, 5.41) is 3.79. The summed E-state index contributed by atoms with van der Waals surface area (Å²) < 4.78 is 0. The van der Waals surface area contributed by atoms with Crippen molar-refractivity contribution in [3.63, 3.8) is 0 Å². The van der Waals surface area contributed by atoms with Gasteiger partial charge < -0.3 is 5.32 Å². The Kier molecular flexibility index (Phi) is 5.18. The van der Waals surface area contributed by atoms with Crippen molar-refractivity contribution in [2.24, 2.45) is 5.92 Å². The summed E-state index contributed by atoms with van der Waals surface area (Å²) in [5.74, 6) is 0.864. The summed E-state index contributed by atoms with van der Waals surface area (Å²) in [6, 6.07) is 9.88. The van der Waals surface area contributed by atoms with Crippen molar-refractivity contribution in [1.82, 2.24) is 4.90 Å². The third kappa shape index (κ3) is 4.00. The second-order valence-corrected chi connectivity index (χ2v) is 6.88. The van der Waals surface area contributed by atoms with Crippen molar-refractivity contribution in [2.75, 3.05) is 18.4 Å². The van der Waals surface area contributed by atoms with Gasteiger partial charge in [-0.05, 0) is 62.4 Å². The van der Waals surface area contributed by atoms with E-state index in [9.17, 15) is 0 Å². The van der Waals surface area contributed by atoms with E-state index in [0.717, 1.165) is 12.5 Å². The molecule has 2 unspecified atom stereocenters. The van der Waals surface area contributed by atoms with Crippen LogP contribution in [0, 0.1) is 5.92 Å². The maximum Gasteiger partial charge on any atom is 0.0342 e. The van der Waals surface area contributed by atoms with Crippen LogP contribution in [0.3, 0.4) is 0 Å². The molecule has 2 aliphatic rings. The highest BCUT2D eigenvalue weighted by molar-refractivity contribution is 5.45. The van der Waals surface area contributed by atoms with Crippen LogP contribution in [-0.4, -0.2) is 24.0 Å². The van der Waals surface area contributed by atoms with Gasteiger partial charge in [-0.25, -0.2) is 0 Å². The van der Waals surface area contributed by atoms with E-state index in [-0.39, 0.29) is 0 Å². The number of nitrogens with zero attached hydrogens (tertiary/aromatic N) is 1. The molecule has 1 heterocycles. The lowest BCUT2D eigenvalue weighted by atomic mass is 9.83. The van der Waals surface area contributed by atoms with Crippen LogP contribution in [0.1, 0.15) is 57.4 Å². The fourth-order valence-electron chi connectivity index (χ4n) is 4.01. The largest absolute Gasteiger partial charge is 0.382 e. The van der Waals surface area contributed by atoms with Gasteiger partial charge in [-0.3, -0.25) is 4.90 Å². The number of hydrogen-bond donors (Lipinski definition) is 1. The van der Waals surface area contributed by atoms with Gasteiger partial charge in [0.05, 0.1) is 0 Å². The van der Waals surface area contributed by atoms with Crippen molar-refractivity contribution in [2.45, 2.75) is 64.5 Å². The summed E-state index contributed by atoms with van der Waals surface area (Å²) in [7, 11) is 0. The minimum atomic E-state index is 0.688. The van der Waals surface area contributed by atoms with E-state index < -0.39 is 0 Å². The molecule has 0 aromatic heterocycles. The third-order valence-electron chi connectivity index (χ3n) is 5.34. The lowest BCUT2D eigenvalue weighted by Crippen LogP contribution is -2.31. The second-order valence-electron chi connectivity index (χ2n) is 6.88. The van der Waals surface area contributed by atoms with E-state index in [1.165, 1.54) is 69.3 Å². The summed E-state index contributed by atoms with van der Waals surface area (Å²) in [4.78, 5) is 2.57. The van der Waals surface area contributed by atoms with E-state index in [1.807, 2.05) is 0 Å². The van der Waals surface area contributed by atoms with Gasteiger partial charge in [-0.15, -0.1) is 0 Å². The standard InChI is InChI=1S/C19H30N2/c1-2-17-7-3-4-8-19(17)20-18-11-9-16(10-12-18)15-21-13-5-6-14-21/h9-12,17,19-20H,2-8,13-15H2,1H3. The molecule has 1 aromatic carbocycles. The fraction of sp³-hybridized carbons (Fsp3) is 0.684. The van der Waals surface area contributed by atoms with Crippen LogP contribution in [0.25, 0.3) is 0 Å². The topological polar surface area (TPSA) is 15.3 Å². The zero-order valence-corrected chi connectivity index (χ0v) is 13.5. The Labute approximate surface area is 129 Å². The average molecular weight is 286 g/mol. The molecule has 21 heavy (non-hydrogen) atoms. The van der Waals surface area contributed by atoms with Crippen LogP contribution in [0.15, 0.2) is 24.3 Å². The quantitative estimate of drug-likeness (QED) is 0.846. The van der Waals surface area contributed by atoms with Gasteiger partial charge >= 0.3 is 0 Å². The van der Waals surface area contributed by atoms with E-state index in [1.54, 1.807) is 0 Å². The average Bonchev–Trinajstić information content (AvgIpc) is 3.03. The van der Waals surface area contributed by atoms with Crippen molar-refractivity contribution >= 4 is 5.69 Å². The lowest BCUT2D eigenvalue weighted by molar-refractivity contribution is 0.317. The molecule has 1 N–H and O–H groups in total. The minimum absolute atomic E-state index is 0.688. The van der Waals surface area contributed by atoms with Crippen LogP contribution in [0.5, 0.6) is 0 Å². The van der Waals surface area contributed by atoms with Crippen LogP contribution >= 0.6 is 0 Å². The Morgan fingerprint density at radius 2 is 1.71 bits per heavy atom. The van der Waals surface area contributed by atoms with Crippen LogP contribution < -0.4 is 5.32 Å². The maximum absolute atomic E-state index is 3.79. The molecule has 1 aromatic rings. The van der Waals surface area contributed by atoms with E-state index in [2.05, 4.69) is 41.4 Å². The van der Waals surface area contributed by atoms with Crippen LogP contribution in [0.4, 0.5) is 5.69 Å². The Morgan fingerprint density at radius 1 is 1.00 bits per heavy atom. The van der Waals surface area contributed by atoms with Gasteiger partial charge in [0.25, 0.3) is 0 Å². The SMILES string of the molecule is CCC1CCCCC1Nc1ccc(CN2CCCC2)cc1. The predicted molar refractivity (Wildman–Crippen MR) is 90.6 cm³/mol. The van der Waals surface area contributed by atoms with Crippen molar-refractivity contribution < 1.29 is 0 Å². The van der Waals surface area contributed by atoms with Gasteiger partial charge in [-0.1, -0.05) is 38.3 Å². The zero-order valence-electron chi connectivity index (χ0n) is 13.5. The molecule has 0 radical (unpaired) electrons. The van der Waals surface area contributed by atoms with Gasteiger partial charge in [0.15, 0.2) is 0 Å². The number of rotatable bonds is 5. The van der Waals surface area contributed by atoms with Crippen molar-refractivity contribution in [3.8, 4) is 0 Å². The van der Waals surface area contributed by atoms with Gasteiger partial charge in [-0.2, -0.15) is 0 Å². The molecule has 116 valence electrons.